The van der Waals surface area contributed by atoms with E-state index in [1.807, 2.05) is 12.1 Å². The molecule has 0 aliphatic heterocycles. The number of allylic oxidation sites excluding steroid dienone is 1. The highest BCUT2D eigenvalue weighted by Crippen LogP contribution is 2.28. The van der Waals surface area contributed by atoms with Crippen molar-refractivity contribution >= 4 is 11.8 Å². The number of hydrogen-bond acceptors (Lipinski definition) is 4. The SMILES string of the molecule is C=CCc1ccc(OCC(=O)NNC(=O)c2ccc[nH]2)c(OC)c1. The van der Waals surface area contributed by atoms with E-state index < -0.39 is 11.8 Å². The summed E-state index contributed by atoms with van der Waals surface area (Å²) in [4.78, 5) is 26.1. The normalized spacial score (nSPS) is 9.88. The van der Waals surface area contributed by atoms with Crippen LogP contribution in [0.2, 0.25) is 0 Å². The average molecular weight is 329 g/mol. The molecule has 1 aromatic carbocycles. The third-order valence-corrected chi connectivity index (χ3v) is 3.12. The fourth-order valence-electron chi connectivity index (χ4n) is 1.97. The molecule has 7 nitrogen and oxygen atoms in total. The van der Waals surface area contributed by atoms with Crippen molar-refractivity contribution in [2.45, 2.75) is 6.42 Å². The Morgan fingerprint density at radius 2 is 2.08 bits per heavy atom. The highest BCUT2D eigenvalue weighted by Gasteiger charge is 2.10. The van der Waals surface area contributed by atoms with Crippen LogP contribution in [0, 0.1) is 0 Å². The van der Waals surface area contributed by atoms with Crippen LogP contribution >= 0.6 is 0 Å². The monoisotopic (exact) mass is 329 g/mol. The standard InChI is InChI=1S/C17H19N3O4/c1-3-5-12-7-8-14(15(10-12)23-2)24-11-16(21)19-20-17(22)13-6-4-9-18-13/h3-4,6-10,18H,1,5,11H2,2H3,(H,19,21)(H,20,22). The summed E-state index contributed by atoms with van der Waals surface area (Å²) < 4.78 is 10.7. The van der Waals surface area contributed by atoms with Gasteiger partial charge in [-0.25, -0.2) is 0 Å². The van der Waals surface area contributed by atoms with Crippen molar-refractivity contribution in [2.75, 3.05) is 13.7 Å². The van der Waals surface area contributed by atoms with Crippen LogP contribution in [-0.2, 0) is 11.2 Å². The largest absolute Gasteiger partial charge is 0.493 e. The molecule has 1 aromatic heterocycles. The Bertz CT molecular complexity index is 711. The Morgan fingerprint density at radius 1 is 1.25 bits per heavy atom. The molecule has 126 valence electrons. The van der Waals surface area contributed by atoms with Gasteiger partial charge in [-0.3, -0.25) is 20.4 Å². The number of aromatic amines is 1. The molecule has 0 fully saturated rings. The molecule has 2 rings (SSSR count). The van der Waals surface area contributed by atoms with Crippen molar-refractivity contribution in [3.05, 3.63) is 60.4 Å². The molecule has 2 aromatic rings. The number of carbonyl (C=O) groups excluding carboxylic acids is 2. The summed E-state index contributed by atoms with van der Waals surface area (Å²) in [6.45, 7) is 3.42. The number of carbonyl (C=O) groups is 2. The highest BCUT2D eigenvalue weighted by molar-refractivity contribution is 5.93. The molecule has 0 aliphatic carbocycles. The molecule has 0 saturated heterocycles. The number of rotatable bonds is 7. The highest BCUT2D eigenvalue weighted by atomic mass is 16.5. The Labute approximate surface area is 139 Å². The molecule has 0 saturated carbocycles. The zero-order valence-electron chi connectivity index (χ0n) is 13.3. The molecule has 0 bridgehead atoms. The number of methoxy groups -OCH3 is 1. The van der Waals surface area contributed by atoms with Crippen LogP contribution in [0.15, 0.2) is 49.2 Å². The van der Waals surface area contributed by atoms with Crippen LogP contribution in [0.4, 0.5) is 0 Å². The summed E-state index contributed by atoms with van der Waals surface area (Å²) in [6, 6.07) is 8.69. The number of H-pyrrole nitrogens is 1. The zero-order valence-corrected chi connectivity index (χ0v) is 13.3. The van der Waals surface area contributed by atoms with E-state index in [0.29, 0.717) is 23.6 Å². The van der Waals surface area contributed by atoms with E-state index in [1.165, 1.54) is 7.11 Å². The first-order valence-corrected chi connectivity index (χ1v) is 7.27. The second-order valence-corrected chi connectivity index (χ2v) is 4.85. The molecule has 0 spiro atoms. The first-order chi connectivity index (χ1) is 11.6. The van der Waals surface area contributed by atoms with Gasteiger partial charge in [0.15, 0.2) is 18.1 Å². The van der Waals surface area contributed by atoms with Crippen LogP contribution in [0.5, 0.6) is 11.5 Å². The van der Waals surface area contributed by atoms with E-state index in [2.05, 4.69) is 22.4 Å². The molecule has 0 radical (unpaired) electrons. The summed E-state index contributed by atoms with van der Waals surface area (Å²) in [6.07, 6.45) is 4.11. The molecule has 3 N–H and O–H groups in total. The third-order valence-electron chi connectivity index (χ3n) is 3.12. The molecule has 2 amide bonds. The van der Waals surface area contributed by atoms with Crippen molar-refractivity contribution in [2.24, 2.45) is 0 Å². The van der Waals surface area contributed by atoms with E-state index in [0.717, 1.165) is 5.56 Å². The quantitative estimate of drug-likeness (QED) is 0.531. The molecular weight excluding hydrogens is 310 g/mol. The number of amides is 2. The van der Waals surface area contributed by atoms with Gasteiger partial charge in [0.1, 0.15) is 5.69 Å². The molecular formula is C17H19N3O4. The summed E-state index contributed by atoms with van der Waals surface area (Å²) in [5, 5.41) is 0. The van der Waals surface area contributed by atoms with E-state index in [9.17, 15) is 9.59 Å². The van der Waals surface area contributed by atoms with Crippen molar-refractivity contribution < 1.29 is 19.1 Å². The van der Waals surface area contributed by atoms with Gasteiger partial charge in [0.25, 0.3) is 11.8 Å². The van der Waals surface area contributed by atoms with Gasteiger partial charge in [-0.05, 0) is 36.2 Å². The number of hydrazine groups is 1. The molecule has 24 heavy (non-hydrogen) atoms. The van der Waals surface area contributed by atoms with Crippen molar-refractivity contribution in [1.82, 2.24) is 15.8 Å². The van der Waals surface area contributed by atoms with E-state index in [4.69, 9.17) is 9.47 Å². The second kappa shape index (κ2) is 8.42. The fraction of sp³-hybridized carbons (Fsp3) is 0.176. The minimum absolute atomic E-state index is 0.262. The fourth-order valence-corrected chi connectivity index (χ4v) is 1.97. The number of ether oxygens (including phenoxy) is 2. The Morgan fingerprint density at radius 3 is 2.75 bits per heavy atom. The van der Waals surface area contributed by atoms with Gasteiger partial charge in [-0.2, -0.15) is 0 Å². The topological polar surface area (TPSA) is 92.5 Å². The Kier molecular flexibility index (Phi) is 6.01. The Balaban J connectivity index is 1.85. The van der Waals surface area contributed by atoms with Crippen LogP contribution in [-0.4, -0.2) is 30.5 Å². The van der Waals surface area contributed by atoms with Crippen LogP contribution in [0.3, 0.4) is 0 Å². The van der Waals surface area contributed by atoms with Gasteiger partial charge < -0.3 is 14.5 Å². The van der Waals surface area contributed by atoms with Crippen molar-refractivity contribution in [3.63, 3.8) is 0 Å². The minimum Gasteiger partial charge on any atom is -0.493 e. The smallest absolute Gasteiger partial charge is 0.286 e. The summed E-state index contributed by atoms with van der Waals surface area (Å²) in [5.41, 5.74) is 5.92. The number of aromatic nitrogens is 1. The summed E-state index contributed by atoms with van der Waals surface area (Å²) >= 11 is 0. The number of benzene rings is 1. The van der Waals surface area contributed by atoms with Gasteiger partial charge >= 0.3 is 0 Å². The second-order valence-electron chi connectivity index (χ2n) is 4.85. The lowest BCUT2D eigenvalue weighted by Gasteiger charge is -2.12. The van der Waals surface area contributed by atoms with E-state index in [1.54, 1.807) is 30.5 Å². The van der Waals surface area contributed by atoms with Crippen molar-refractivity contribution in [1.29, 1.82) is 0 Å². The van der Waals surface area contributed by atoms with Gasteiger partial charge in [0.05, 0.1) is 7.11 Å². The average Bonchev–Trinajstić information content (AvgIpc) is 3.13. The lowest BCUT2D eigenvalue weighted by atomic mass is 10.1. The van der Waals surface area contributed by atoms with Gasteiger partial charge in [-0.15, -0.1) is 6.58 Å². The first-order valence-electron chi connectivity index (χ1n) is 7.27. The summed E-state index contributed by atoms with van der Waals surface area (Å²) in [7, 11) is 1.52. The lowest BCUT2D eigenvalue weighted by molar-refractivity contribution is -0.123. The van der Waals surface area contributed by atoms with Gasteiger partial charge in [-0.1, -0.05) is 12.1 Å². The maximum absolute atomic E-state index is 11.7. The minimum atomic E-state index is -0.493. The Hall–Kier alpha value is -3.22. The maximum Gasteiger partial charge on any atom is 0.286 e. The van der Waals surface area contributed by atoms with Crippen LogP contribution in [0.25, 0.3) is 0 Å². The lowest BCUT2D eigenvalue weighted by Crippen LogP contribution is -2.43. The predicted octanol–water partition coefficient (Wildman–Crippen LogP) is 1.59. The van der Waals surface area contributed by atoms with Crippen molar-refractivity contribution in [3.8, 4) is 11.5 Å². The molecule has 0 aliphatic rings. The number of nitrogens with one attached hydrogen (secondary N) is 3. The molecule has 0 atom stereocenters. The maximum atomic E-state index is 11.7. The first kappa shape index (κ1) is 17.1. The molecule has 0 unspecified atom stereocenters. The van der Waals surface area contributed by atoms with E-state index in [-0.39, 0.29) is 6.61 Å². The summed E-state index contributed by atoms with van der Waals surface area (Å²) in [5.74, 6) is 0.0283. The molecule has 1 heterocycles. The third kappa shape index (κ3) is 4.64. The predicted molar refractivity (Wildman–Crippen MR) is 88.8 cm³/mol. The van der Waals surface area contributed by atoms with Crippen LogP contribution < -0.4 is 20.3 Å². The van der Waals surface area contributed by atoms with Gasteiger partial charge in [0.2, 0.25) is 0 Å². The zero-order chi connectivity index (χ0) is 17.4. The van der Waals surface area contributed by atoms with E-state index >= 15 is 0 Å². The number of hydrogen-bond donors (Lipinski definition) is 3. The van der Waals surface area contributed by atoms with Gasteiger partial charge in [0, 0.05) is 6.20 Å². The van der Waals surface area contributed by atoms with Crippen LogP contribution in [0.1, 0.15) is 16.1 Å². The molecule has 7 heteroatoms.